The number of ether oxygens (including phenoxy) is 1. The van der Waals surface area contributed by atoms with E-state index in [0.717, 1.165) is 49.9 Å². The molecule has 0 unspecified atom stereocenters. The van der Waals surface area contributed by atoms with Crippen molar-refractivity contribution >= 4 is 17.6 Å². The van der Waals surface area contributed by atoms with Gasteiger partial charge in [0.15, 0.2) is 5.96 Å². The van der Waals surface area contributed by atoms with Crippen LogP contribution >= 0.6 is 0 Å². The molecule has 0 saturated carbocycles. The second-order valence-corrected chi connectivity index (χ2v) is 6.01. The average Bonchev–Trinajstić information content (AvgIpc) is 2.60. The maximum Gasteiger partial charge on any atom is 0.226 e. The highest BCUT2D eigenvalue weighted by Gasteiger charge is 2.06. The molecule has 1 aromatic rings. The van der Waals surface area contributed by atoms with Gasteiger partial charge in [-0.2, -0.15) is 0 Å². The van der Waals surface area contributed by atoms with Gasteiger partial charge in [0.25, 0.3) is 0 Å². The Morgan fingerprint density at radius 2 is 1.88 bits per heavy atom. The monoisotopic (exact) mass is 348 g/mol. The van der Waals surface area contributed by atoms with Crippen molar-refractivity contribution in [1.29, 1.82) is 0 Å². The summed E-state index contributed by atoms with van der Waals surface area (Å²) in [6.45, 7) is 11.5. The first-order valence-electron chi connectivity index (χ1n) is 9.06. The first-order chi connectivity index (χ1) is 12.1. The van der Waals surface area contributed by atoms with Gasteiger partial charge in [0.1, 0.15) is 0 Å². The lowest BCUT2D eigenvalue weighted by Crippen LogP contribution is -2.38. The molecule has 0 spiro atoms. The molecule has 1 aromatic carbocycles. The lowest BCUT2D eigenvalue weighted by Gasteiger charge is -2.11. The molecular formula is C19H32N4O2. The second-order valence-electron chi connectivity index (χ2n) is 6.01. The minimum Gasteiger partial charge on any atom is -0.382 e. The van der Waals surface area contributed by atoms with E-state index in [-0.39, 0.29) is 11.8 Å². The van der Waals surface area contributed by atoms with Crippen LogP contribution in [0, 0.1) is 5.92 Å². The minimum absolute atomic E-state index is 0.0245. The topological polar surface area (TPSA) is 74.8 Å². The van der Waals surface area contributed by atoms with E-state index in [1.54, 1.807) is 0 Å². The molecule has 6 nitrogen and oxygen atoms in total. The third-order valence-electron chi connectivity index (χ3n) is 3.47. The molecule has 0 fully saturated rings. The Morgan fingerprint density at radius 3 is 2.48 bits per heavy atom. The number of hydrogen-bond donors (Lipinski definition) is 3. The van der Waals surface area contributed by atoms with E-state index in [9.17, 15) is 4.79 Å². The first-order valence-corrected chi connectivity index (χ1v) is 9.06. The summed E-state index contributed by atoms with van der Waals surface area (Å²) in [5.74, 6) is 0.799. The van der Waals surface area contributed by atoms with Gasteiger partial charge in [-0.1, -0.05) is 26.0 Å². The average molecular weight is 348 g/mol. The van der Waals surface area contributed by atoms with Gasteiger partial charge in [-0.3, -0.25) is 4.79 Å². The van der Waals surface area contributed by atoms with E-state index in [1.165, 1.54) is 0 Å². The van der Waals surface area contributed by atoms with E-state index in [2.05, 4.69) is 20.9 Å². The Bertz CT molecular complexity index is 527. The Kier molecular flexibility index (Phi) is 10.3. The molecule has 0 heterocycles. The maximum atomic E-state index is 11.7. The van der Waals surface area contributed by atoms with Crippen molar-refractivity contribution in [3.05, 3.63) is 29.8 Å². The molecule has 25 heavy (non-hydrogen) atoms. The predicted molar refractivity (Wildman–Crippen MR) is 104 cm³/mol. The summed E-state index contributed by atoms with van der Waals surface area (Å²) < 4.78 is 5.33. The standard InChI is InChI=1S/C19H32N4O2/c1-5-20-19(21-12-7-13-25-6-2)22-14-16-8-10-17(11-9-16)23-18(24)15(3)4/h8-11,15H,5-7,12-14H2,1-4H3,(H,23,24)(H2,20,21,22). The van der Waals surface area contributed by atoms with E-state index in [0.29, 0.717) is 6.54 Å². The van der Waals surface area contributed by atoms with Crippen LogP contribution in [0.15, 0.2) is 29.3 Å². The van der Waals surface area contributed by atoms with E-state index in [4.69, 9.17) is 4.74 Å². The highest BCUT2D eigenvalue weighted by atomic mass is 16.5. The quantitative estimate of drug-likeness (QED) is 0.345. The lowest BCUT2D eigenvalue weighted by molar-refractivity contribution is -0.118. The molecule has 1 rings (SSSR count). The fourth-order valence-electron chi connectivity index (χ4n) is 2.02. The number of rotatable bonds is 10. The molecule has 140 valence electrons. The van der Waals surface area contributed by atoms with Crippen molar-refractivity contribution < 1.29 is 9.53 Å². The number of carbonyl (C=O) groups excluding carboxylic acids is 1. The largest absolute Gasteiger partial charge is 0.382 e. The van der Waals surface area contributed by atoms with Gasteiger partial charge in [-0.05, 0) is 38.0 Å². The van der Waals surface area contributed by atoms with Crippen LogP contribution in [0.1, 0.15) is 39.7 Å². The fourth-order valence-corrected chi connectivity index (χ4v) is 2.02. The van der Waals surface area contributed by atoms with E-state index in [1.807, 2.05) is 52.0 Å². The fraction of sp³-hybridized carbons (Fsp3) is 0.579. The number of guanidine groups is 1. The number of benzene rings is 1. The number of nitrogens with one attached hydrogen (secondary N) is 3. The maximum absolute atomic E-state index is 11.7. The molecule has 0 atom stereocenters. The summed E-state index contributed by atoms with van der Waals surface area (Å²) in [7, 11) is 0. The van der Waals surface area contributed by atoms with Gasteiger partial charge in [0, 0.05) is 37.9 Å². The van der Waals surface area contributed by atoms with Crippen molar-refractivity contribution in [3.63, 3.8) is 0 Å². The molecule has 0 aliphatic carbocycles. The zero-order valence-electron chi connectivity index (χ0n) is 15.9. The number of nitrogens with zero attached hydrogens (tertiary/aromatic N) is 1. The number of amides is 1. The molecule has 3 N–H and O–H groups in total. The molecule has 0 radical (unpaired) electrons. The van der Waals surface area contributed by atoms with Crippen molar-refractivity contribution in [3.8, 4) is 0 Å². The van der Waals surface area contributed by atoms with Crippen molar-refractivity contribution in [2.75, 3.05) is 31.6 Å². The molecule has 0 bridgehead atoms. The minimum atomic E-state index is -0.0271. The SMILES string of the molecule is CCNC(=NCc1ccc(NC(=O)C(C)C)cc1)NCCCOCC. The van der Waals surface area contributed by atoms with Crippen LogP contribution in [-0.2, 0) is 16.1 Å². The third-order valence-corrected chi connectivity index (χ3v) is 3.47. The van der Waals surface area contributed by atoms with Crippen LogP contribution < -0.4 is 16.0 Å². The van der Waals surface area contributed by atoms with Gasteiger partial charge in [0.05, 0.1) is 6.54 Å². The molecule has 0 aromatic heterocycles. The van der Waals surface area contributed by atoms with Gasteiger partial charge in [0.2, 0.25) is 5.91 Å². The summed E-state index contributed by atoms with van der Waals surface area (Å²) >= 11 is 0. The Labute approximate surface area is 151 Å². The third kappa shape index (κ3) is 9.10. The van der Waals surface area contributed by atoms with Crippen molar-refractivity contribution in [1.82, 2.24) is 10.6 Å². The molecule has 6 heteroatoms. The summed E-state index contributed by atoms with van der Waals surface area (Å²) in [5, 5.41) is 9.42. The molecule has 0 aliphatic heterocycles. The first kappa shape index (κ1) is 21.0. The van der Waals surface area contributed by atoms with Gasteiger partial charge < -0.3 is 20.7 Å². The van der Waals surface area contributed by atoms with Gasteiger partial charge in [-0.15, -0.1) is 0 Å². The van der Waals surface area contributed by atoms with Gasteiger partial charge >= 0.3 is 0 Å². The molecule has 0 saturated heterocycles. The summed E-state index contributed by atoms with van der Waals surface area (Å²) in [6, 6.07) is 7.79. The van der Waals surface area contributed by atoms with Crippen LogP contribution in [0.4, 0.5) is 5.69 Å². The number of hydrogen-bond acceptors (Lipinski definition) is 3. The summed E-state index contributed by atoms with van der Waals surface area (Å²) in [6.07, 6.45) is 0.947. The predicted octanol–water partition coefficient (Wildman–Crippen LogP) is 2.76. The van der Waals surface area contributed by atoms with Crippen LogP contribution in [0.5, 0.6) is 0 Å². The zero-order chi connectivity index (χ0) is 18.5. The second kappa shape index (κ2) is 12.3. The normalized spacial score (nSPS) is 11.5. The van der Waals surface area contributed by atoms with Crippen LogP contribution in [0.2, 0.25) is 0 Å². The number of anilines is 1. The number of aliphatic imine (C=N–C) groups is 1. The van der Waals surface area contributed by atoms with Crippen LogP contribution in [0.3, 0.4) is 0 Å². The highest BCUT2D eigenvalue weighted by molar-refractivity contribution is 5.92. The smallest absolute Gasteiger partial charge is 0.226 e. The molecular weight excluding hydrogens is 316 g/mol. The summed E-state index contributed by atoms with van der Waals surface area (Å²) in [4.78, 5) is 16.3. The Balaban J connectivity index is 2.50. The lowest BCUT2D eigenvalue weighted by atomic mass is 10.2. The van der Waals surface area contributed by atoms with Crippen LogP contribution in [-0.4, -0.2) is 38.2 Å². The van der Waals surface area contributed by atoms with Crippen LogP contribution in [0.25, 0.3) is 0 Å². The zero-order valence-corrected chi connectivity index (χ0v) is 15.9. The molecule has 1 amide bonds. The molecule has 0 aliphatic rings. The highest BCUT2D eigenvalue weighted by Crippen LogP contribution is 2.11. The Hall–Kier alpha value is -2.08. The number of carbonyl (C=O) groups is 1. The Morgan fingerprint density at radius 1 is 1.16 bits per heavy atom. The van der Waals surface area contributed by atoms with E-state index < -0.39 is 0 Å². The van der Waals surface area contributed by atoms with Crippen molar-refractivity contribution in [2.24, 2.45) is 10.9 Å². The van der Waals surface area contributed by atoms with Gasteiger partial charge in [-0.25, -0.2) is 4.99 Å². The summed E-state index contributed by atoms with van der Waals surface area (Å²) in [5.41, 5.74) is 1.90. The van der Waals surface area contributed by atoms with E-state index >= 15 is 0 Å². The van der Waals surface area contributed by atoms with Crippen molar-refractivity contribution in [2.45, 2.75) is 40.7 Å².